The molecule has 2 rings (SSSR count). The van der Waals surface area contributed by atoms with Crippen LogP contribution in [-0.2, 0) is 0 Å². The molecule has 1 atom stereocenters. The van der Waals surface area contributed by atoms with Gasteiger partial charge in [-0.25, -0.2) is 0 Å². The average molecular weight is 251 g/mol. The van der Waals surface area contributed by atoms with Crippen molar-refractivity contribution in [2.24, 2.45) is 5.73 Å². The Kier molecular flexibility index (Phi) is 3.73. The molecule has 18 heavy (non-hydrogen) atoms. The highest BCUT2D eigenvalue weighted by Gasteiger charge is 2.29. The van der Waals surface area contributed by atoms with Gasteiger partial charge in [0, 0.05) is 26.2 Å². The Balaban J connectivity index is 2.32. The van der Waals surface area contributed by atoms with Crippen molar-refractivity contribution in [1.82, 2.24) is 9.88 Å². The van der Waals surface area contributed by atoms with Gasteiger partial charge >= 0.3 is 5.82 Å². The van der Waals surface area contributed by atoms with E-state index < -0.39 is 4.92 Å². The minimum Gasteiger partial charge on any atom is -0.358 e. The lowest BCUT2D eigenvalue weighted by atomic mass is 10.1. The van der Waals surface area contributed by atoms with Gasteiger partial charge in [-0.3, -0.25) is 0 Å². The van der Waals surface area contributed by atoms with Crippen molar-refractivity contribution < 1.29 is 4.92 Å². The number of hydrogen-bond donors (Lipinski definition) is 1. The SMILES string of the molecule is CN1CCN(c2cccnc2[N+](=O)[O-])C(CN)C1. The van der Waals surface area contributed by atoms with E-state index in [9.17, 15) is 10.1 Å². The van der Waals surface area contributed by atoms with Crippen molar-refractivity contribution >= 4 is 11.5 Å². The smallest absolute Gasteiger partial charge is 0.358 e. The molecule has 1 saturated heterocycles. The number of rotatable bonds is 3. The van der Waals surface area contributed by atoms with E-state index in [1.54, 1.807) is 12.1 Å². The van der Waals surface area contributed by atoms with Gasteiger partial charge in [0.25, 0.3) is 0 Å². The third-order valence-electron chi connectivity index (χ3n) is 3.21. The van der Waals surface area contributed by atoms with Crippen molar-refractivity contribution in [2.45, 2.75) is 6.04 Å². The molecule has 0 bridgehead atoms. The third kappa shape index (κ3) is 2.41. The van der Waals surface area contributed by atoms with Crippen LogP contribution in [-0.4, -0.2) is 54.1 Å². The molecule has 1 unspecified atom stereocenters. The fraction of sp³-hybridized carbons (Fsp3) is 0.545. The Labute approximate surface area is 105 Å². The molecule has 0 aromatic carbocycles. The molecule has 0 radical (unpaired) electrons. The summed E-state index contributed by atoms with van der Waals surface area (Å²) in [7, 11) is 2.03. The van der Waals surface area contributed by atoms with Gasteiger partial charge in [-0.2, -0.15) is 0 Å². The molecule has 1 aromatic rings. The van der Waals surface area contributed by atoms with Gasteiger partial charge in [0.15, 0.2) is 0 Å². The van der Waals surface area contributed by atoms with E-state index in [1.165, 1.54) is 6.20 Å². The quantitative estimate of drug-likeness (QED) is 0.604. The van der Waals surface area contributed by atoms with E-state index in [1.807, 2.05) is 11.9 Å². The highest BCUT2D eigenvalue weighted by atomic mass is 16.6. The first-order valence-electron chi connectivity index (χ1n) is 5.88. The van der Waals surface area contributed by atoms with E-state index >= 15 is 0 Å². The maximum absolute atomic E-state index is 11.0. The zero-order chi connectivity index (χ0) is 13.1. The zero-order valence-electron chi connectivity index (χ0n) is 10.3. The van der Waals surface area contributed by atoms with Crippen molar-refractivity contribution in [2.75, 3.05) is 38.1 Å². The molecule has 0 amide bonds. The maximum atomic E-state index is 11.0. The second-order valence-corrected chi connectivity index (χ2v) is 4.45. The molecule has 2 N–H and O–H groups in total. The number of anilines is 1. The van der Waals surface area contributed by atoms with Gasteiger partial charge in [-0.1, -0.05) is 0 Å². The Bertz CT molecular complexity index is 439. The third-order valence-corrected chi connectivity index (χ3v) is 3.21. The molecule has 0 aliphatic carbocycles. The normalized spacial score (nSPS) is 21.0. The minimum atomic E-state index is -0.443. The van der Waals surface area contributed by atoms with Gasteiger partial charge < -0.3 is 25.6 Å². The van der Waals surface area contributed by atoms with Crippen LogP contribution in [0.15, 0.2) is 18.3 Å². The molecule has 2 heterocycles. The monoisotopic (exact) mass is 251 g/mol. The molecular weight excluding hydrogens is 234 g/mol. The van der Waals surface area contributed by atoms with Crippen LogP contribution in [0.5, 0.6) is 0 Å². The van der Waals surface area contributed by atoms with E-state index in [2.05, 4.69) is 9.88 Å². The summed E-state index contributed by atoms with van der Waals surface area (Å²) in [5, 5.41) is 11.0. The molecule has 0 spiro atoms. The van der Waals surface area contributed by atoms with E-state index in [0.29, 0.717) is 12.2 Å². The van der Waals surface area contributed by atoms with Crippen LogP contribution in [0.1, 0.15) is 0 Å². The summed E-state index contributed by atoms with van der Waals surface area (Å²) in [5.41, 5.74) is 6.32. The van der Waals surface area contributed by atoms with Crippen molar-refractivity contribution in [3.8, 4) is 0 Å². The second kappa shape index (κ2) is 5.28. The highest BCUT2D eigenvalue weighted by Crippen LogP contribution is 2.27. The first-order valence-corrected chi connectivity index (χ1v) is 5.88. The standard InChI is InChI=1S/C11H17N5O2/c1-14-5-6-15(9(7-12)8-14)10-3-2-4-13-11(10)16(17)18/h2-4,9H,5-8,12H2,1H3. The number of hydrogen-bond acceptors (Lipinski definition) is 6. The van der Waals surface area contributed by atoms with Gasteiger partial charge in [0.05, 0.1) is 6.04 Å². The molecule has 1 fully saturated rings. The summed E-state index contributed by atoms with van der Waals surface area (Å²) < 4.78 is 0. The van der Waals surface area contributed by atoms with Crippen molar-refractivity contribution in [1.29, 1.82) is 0 Å². The number of likely N-dealkylation sites (N-methyl/N-ethyl adjacent to an activating group) is 1. The van der Waals surface area contributed by atoms with E-state index in [0.717, 1.165) is 19.6 Å². The van der Waals surface area contributed by atoms with Gasteiger partial charge in [0.1, 0.15) is 11.9 Å². The molecule has 98 valence electrons. The highest BCUT2D eigenvalue weighted by molar-refractivity contribution is 5.60. The lowest BCUT2D eigenvalue weighted by molar-refractivity contribution is -0.388. The summed E-state index contributed by atoms with van der Waals surface area (Å²) >= 11 is 0. The molecular formula is C11H17N5O2. The van der Waals surface area contributed by atoms with Gasteiger partial charge in [-0.15, -0.1) is 0 Å². The summed E-state index contributed by atoms with van der Waals surface area (Å²) in [6.07, 6.45) is 1.44. The molecule has 0 saturated carbocycles. The first-order chi connectivity index (χ1) is 8.63. The van der Waals surface area contributed by atoms with Crippen LogP contribution in [0.2, 0.25) is 0 Å². The summed E-state index contributed by atoms with van der Waals surface area (Å²) in [5.74, 6) is -0.0968. The topological polar surface area (TPSA) is 88.5 Å². The Morgan fingerprint density at radius 3 is 3.06 bits per heavy atom. The second-order valence-electron chi connectivity index (χ2n) is 4.45. The maximum Gasteiger partial charge on any atom is 0.387 e. The van der Waals surface area contributed by atoms with Crippen LogP contribution in [0, 0.1) is 10.1 Å². The molecule has 1 aliphatic heterocycles. The zero-order valence-corrected chi connectivity index (χ0v) is 10.3. The average Bonchev–Trinajstić information content (AvgIpc) is 2.38. The number of nitrogens with two attached hydrogens (primary N) is 1. The van der Waals surface area contributed by atoms with Crippen molar-refractivity contribution in [3.05, 3.63) is 28.4 Å². The number of aromatic nitrogens is 1. The van der Waals surface area contributed by atoms with Gasteiger partial charge in [0.2, 0.25) is 0 Å². The summed E-state index contributed by atoms with van der Waals surface area (Å²) in [6, 6.07) is 3.54. The fourth-order valence-corrected chi connectivity index (χ4v) is 2.28. The number of nitro groups is 1. The Hall–Kier alpha value is -1.73. The van der Waals surface area contributed by atoms with Crippen LogP contribution >= 0.6 is 0 Å². The van der Waals surface area contributed by atoms with Crippen molar-refractivity contribution in [3.63, 3.8) is 0 Å². The van der Waals surface area contributed by atoms with Crippen LogP contribution in [0.4, 0.5) is 11.5 Å². The molecule has 1 aromatic heterocycles. The Morgan fingerprint density at radius 1 is 1.61 bits per heavy atom. The van der Waals surface area contributed by atoms with Crippen LogP contribution in [0.3, 0.4) is 0 Å². The fourth-order valence-electron chi connectivity index (χ4n) is 2.28. The van der Waals surface area contributed by atoms with E-state index in [-0.39, 0.29) is 11.9 Å². The molecule has 1 aliphatic rings. The van der Waals surface area contributed by atoms with E-state index in [4.69, 9.17) is 5.73 Å². The lowest BCUT2D eigenvalue weighted by Gasteiger charge is -2.40. The van der Waals surface area contributed by atoms with Crippen LogP contribution < -0.4 is 10.6 Å². The Morgan fingerprint density at radius 2 is 2.39 bits per heavy atom. The minimum absolute atomic E-state index is 0.0895. The number of pyridine rings is 1. The van der Waals surface area contributed by atoms with Crippen LogP contribution in [0.25, 0.3) is 0 Å². The number of piperazine rings is 1. The molecule has 7 nitrogen and oxygen atoms in total. The first kappa shape index (κ1) is 12.7. The number of nitrogens with zero attached hydrogens (tertiary/aromatic N) is 4. The lowest BCUT2D eigenvalue weighted by Crippen LogP contribution is -2.55. The van der Waals surface area contributed by atoms with Gasteiger partial charge in [-0.05, 0) is 29.1 Å². The predicted octanol–water partition coefficient (Wildman–Crippen LogP) is 0.0689. The predicted molar refractivity (Wildman–Crippen MR) is 68.6 cm³/mol. The molecule has 7 heteroatoms. The summed E-state index contributed by atoms with van der Waals surface area (Å²) in [6.45, 7) is 2.87. The summed E-state index contributed by atoms with van der Waals surface area (Å²) in [4.78, 5) is 18.6. The largest absolute Gasteiger partial charge is 0.387 e.